The predicted molar refractivity (Wildman–Crippen MR) is 96.9 cm³/mol. The van der Waals surface area contributed by atoms with E-state index in [1.807, 2.05) is 0 Å². The van der Waals surface area contributed by atoms with Gasteiger partial charge in [-0.15, -0.1) is 0 Å². The standard InChI is InChI=1S/C20H14F2N4O2/c1-11(13-6-4-5-12(10-23)18(13)22)14-9-17(27)26(25-19(14)20(24)28)16-8-3-2-7-15(16)21/h2-9,11H,1H3,(H2,24,28)/t11-/m0/s1. The molecule has 140 valence electrons. The number of benzene rings is 2. The van der Waals surface area contributed by atoms with Gasteiger partial charge in [-0.3, -0.25) is 9.59 Å². The van der Waals surface area contributed by atoms with Gasteiger partial charge in [0, 0.05) is 12.0 Å². The summed E-state index contributed by atoms with van der Waals surface area (Å²) in [5, 5.41) is 12.9. The summed E-state index contributed by atoms with van der Waals surface area (Å²) in [6.07, 6.45) is 0. The fourth-order valence-corrected chi connectivity index (χ4v) is 2.93. The van der Waals surface area contributed by atoms with Crippen molar-refractivity contribution >= 4 is 5.91 Å². The van der Waals surface area contributed by atoms with E-state index in [4.69, 9.17) is 11.0 Å². The Bertz CT molecular complexity index is 1180. The SMILES string of the molecule is C[C@H](c1cc(=O)n(-c2ccccc2F)nc1C(N)=O)c1cccc(C#N)c1F. The van der Waals surface area contributed by atoms with Crippen molar-refractivity contribution in [3.8, 4) is 11.8 Å². The largest absolute Gasteiger partial charge is 0.364 e. The first-order valence-electron chi connectivity index (χ1n) is 8.22. The Morgan fingerprint density at radius 1 is 1.18 bits per heavy atom. The first-order chi connectivity index (χ1) is 13.3. The predicted octanol–water partition coefficient (Wildman–Crippen LogP) is 2.63. The van der Waals surface area contributed by atoms with Gasteiger partial charge >= 0.3 is 0 Å². The van der Waals surface area contributed by atoms with Crippen LogP contribution in [-0.4, -0.2) is 15.7 Å². The van der Waals surface area contributed by atoms with Gasteiger partial charge < -0.3 is 5.73 Å². The maximum absolute atomic E-state index is 14.5. The van der Waals surface area contributed by atoms with Gasteiger partial charge in [0.2, 0.25) is 0 Å². The average Bonchev–Trinajstić information content (AvgIpc) is 2.68. The van der Waals surface area contributed by atoms with Crippen molar-refractivity contribution in [1.82, 2.24) is 9.78 Å². The molecular weight excluding hydrogens is 366 g/mol. The Morgan fingerprint density at radius 3 is 2.54 bits per heavy atom. The summed E-state index contributed by atoms with van der Waals surface area (Å²) in [4.78, 5) is 24.5. The second-order valence-electron chi connectivity index (χ2n) is 6.06. The molecule has 1 amide bonds. The maximum Gasteiger partial charge on any atom is 0.271 e. The van der Waals surface area contributed by atoms with Crippen molar-refractivity contribution in [3.05, 3.63) is 92.9 Å². The van der Waals surface area contributed by atoms with Crippen molar-refractivity contribution in [2.45, 2.75) is 12.8 Å². The van der Waals surface area contributed by atoms with E-state index in [9.17, 15) is 18.4 Å². The van der Waals surface area contributed by atoms with Crippen LogP contribution in [0.3, 0.4) is 0 Å². The van der Waals surface area contributed by atoms with Crippen LogP contribution in [0.5, 0.6) is 0 Å². The zero-order valence-electron chi connectivity index (χ0n) is 14.7. The summed E-state index contributed by atoms with van der Waals surface area (Å²) in [5.74, 6) is -3.22. The smallest absolute Gasteiger partial charge is 0.271 e. The third-order valence-electron chi connectivity index (χ3n) is 4.36. The van der Waals surface area contributed by atoms with Crippen LogP contribution >= 0.6 is 0 Å². The van der Waals surface area contributed by atoms with Crippen molar-refractivity contribution in [1.29, 1.82) is 5.26 Å². The van der Waals surface area contributed by atoms with Gasteiger partial charge in [0.05, 0.1) is 5.56 Å². The van der Waals surface area contributed by atoms with Gasteiger partial charge in [0.25, 0.3) is 11.5 Å². The highest BCUT2D eigenvalue weighted by Gasteiger charge is 2.24. The number of nitrogens with zero attached hydrogens (tertiary/aromatic N) is 3. The van der Waals surface area contributed by atoms with E-state index >= 15 is 0 Å². The van der Waals surface area contributed by atoms with Crippen molar-refractivity contribution in [2.24, 2.45) is 5.73 Å². The zero-order chi connectivity index (χ0) is 20.4. The fourth-order valence-electron chi connectivity index (χ4n) is 2.93. The molecule has 1 heterocycles. The third kappa shape index (κ3) is 3.25. The number of carbonyl (C=O) groups is 1. The molecule has 0 spiro atoms. The number of aromatic nitrogens is 2. The minimum Gasteiger partial charge on any atom is -0.364 e. The molecule has 1 atom stereocenters. The molecule has 3 rings (SSSR count). The molecule has 2 N–H and O–H groups in total. The summed E-state index contributed by atoms with van der Waals surface area (Å²) in [7, 11) is 0. The number of nitrogens with two attached hydrogens (primary N) is 1. The van der Waals surface area contributed by atoms with E-state index in [0.717, 1.165) is 16.8 Å². The Balaban J connectivity index is 2.22. The quantitative estimate of drug-likeness (QED) is 0.752. The average molecular weight is 380 g/mol. The number of carbonyl (C=O) groups excluding carboxylic acids is 1. The number of nitriles is 1. The Labute approximate surface area is 158 Å². The molecule has 0 aliphatic heterocycles. The molecule has 0 bridgehead atoms. The van der Waals surface area contributed by atoms with Crippen molar-refractivity contribution in [3.63, 3.8) is 0 Å². The number of para-hydroxylation sites is 1. The Hall–Kier alpha value is -3.86. The molecule has 0 saturated carbocycles. The fraction of sp³-hybridized carbons (Fsp3) is 0.100. The van der Waals surface area contributed by atoms with Gasteiger partial charge in [-0.25, -0.2) is 8.78 Å². The second-order valence-corrected chi connectivity index (χ2v) is 6.06. The number of hydrogen-bond donors (Lipinski definition) is 1. The molecule has 0 saturated heterocycles. The summed E-state index contributed by atoms with van der Waals surface area (Å²) >= 11 is 0. The lowest BCUT2D eigenvalue weighted by Crippen LogP contribution is -2.29. The number of primary amides is 1. The van der Waals surface area contributed by atoms with Crippen LogP contribution in [0.15, 0.2) is 53.3 Å². The molecule has 0 aliphatic rings. The van der Waals surface area contributed by atoms with E-state index in [2.05, 4.69) is 5.10 Å². The van der Waals surface area contributed by atoms with Gasteiger partial charge in [0.1, 0.15) is 23.4 Å². The van der Waals surface area contributed by atoms with Crippen LogP contribution in [0.4, 0.5) is 8.78 Å². The Kier molecular flexibility index (Phi) is 5.00. The van der Waals surface area contributed by atoms with Crippen molar-refractivity contribution < 1.29 is 13.6 Å². The van der Waals surface area contributed by atoms with Crippen LogP contribution in [-0.2, 0) is 0 Å². The molecule has 8 heteroatoms. The lowest BCUT2D eigenvalue weighted by atomic mass is 9.90. The highest BCUT2D eigenvalue weighted by Crippen LogP contribution is 2.28. The highest BCUT2D eigenvalue weighted by atomic mass is 19.1. The third-order valence-corrected chi connectivity index (χ3v) is 4.36. The minimum atomic E-state index is -0.955. The first-order valence-corrected chi connectivity index (χ1v) is 8.22. The molecule has 1 aromatic heterocycles. The van der Waals surface area contributed by atoms with Crippen LogP contribution in [0, 0.1) is 23.0 Å². The Morgan fingerprint density at radius 2 is 1.89 bits per heavy atom. The summed E-state index contributed by atoms with van der Waals surface area (Å²) in [6, 6.07) is 12.5. The number of halogens is 2. The number of amides is 1. The van der Waals surface area contributed by atoms with Crippen LogP contribution in [0.1, 0.15) is 40.0 Å². The summed E-state index contributed by atoms with van der Waals surface area (Å²) in [5.41, 5.74) is 4.26. The zero-order valence-corrected chi connectivity index (χ0v) is 14.7. The van der Waals surface area contributed by atoms with E-state index < -0.39 is 29.0 Å². The molecule has 0 unspecified atom stereocenters. The molecule has 2 aromatic carbocycles. The normalized spacial score (nSPS) is 11.6. The summed E-state index contributed by atoms with van der Waals surface area (Å²) < 4.78 is 29.3. The molecule has 6 nitrogen and oxygen atoms in total. The van der Waals surface area contributed by atoms with E-state index in [1.165, 1.54) is 36.4 Å². The number of hydrogen-bond acceptors (Lipinski definition) is 4. The highest BCUT2D eigenvalue weighted by molar-refractivity contribution is 5.92. The van der Waals surface area contributed by atoms with Crippen LogP contribution in [0.25, 0.3) is 5.69 Å². The van der Waals surface area contributed by atoms with Gasteiger partial charge in [-0.2, -0.15) is 15.0 Å². The number of rotatable bonds is 4. The molecule has 0 aliphatic carbocycles. The second kappa shape index (κ2) is 7.40. The monoisotopic (exact) mass is 380 g/mol. The first kappa shape index (κ1) is 18.9. The van der Waals surface area contributed by atoms with E-state index in [1.54, 1.807) is 13.0 Å². The van der Waals surface area contributed by atoms with E-state index in [0.29, 0.717) is 0 Å². The van der Waals surface area contributed by atoms with Gasteiger partial charge in [0.15, 0.2) is 5.69 Å². The van der Waals surface area contributed by atoms with Crippen LogP contribution < -0.4 is 11.3 Å². The van der Waals surface area contributed by atoms with Crippen molar-refractivity contribution in [2.75, 3.05) is 0 Å². The van der Waals surface area contributed by atoms with Gasteiger partial charge in [-0.1, -0.05) is 31.2 Å². The lowest BCUT2D eigenvalue weighted by molar-refractivity contribution is 0.0992. The minimum absolute atomic E-state index is 0.0825. The molecular formula is C20H14F2N4O2. The molecule has 0 fully saturated rings. The molecule has 3 aromatic rings. The maximum atomic E-state index is 14.5. The lowest BCUT2D eigenvalue weighted by Gasteiger charge is -2.17. The van der Waals surface area contributed by atoms with Gasteiger partial charge in [-0.05, 0) is 29.3 Å². The van der Waals surface area contributed by atoms with E-state index in [-0.39, 0.29) is 28.1 Å². The van der Waals surface area contributed by atoms with Crippen LogP contribution in [0.2, 0.25) is 0 Å². The molecule has 0 radical (unpaired) electrons. The topological polar surface area (TPSA) is 102 Å². The summed E-state index contributed by atoms with van der Waals surface area (Å²) in [6.45, 7) is 1.55. The molecule has 28 heavy (non-hydrogen) atoms.